The third-order valence-electron chi connectivity index (χ3n) is 2.56. The lowest BCUT2D eigenvalue weighted by Gasteiger charge is -2.20. The van der Waals surface area contributed by atoms with Crippen molar-refractivity contribution in [1.29, 1.82) is 0 Å². The van der Waals surface area contributed by atoms with Gasteiger partial charge in [-0.25, -0.2) is 0 Å². The van der Waals surface area contributed by atoms with E-state index < -0.39 is 38.0 Å². The number of hydrogen-bond donors (Lipinski definition) is 0. The van der Waals surface area contributed by atoms with Crippen LogP contribution in [0.1, 0.15) is 31.1 Å². The Labute approximate surface area is 128 Å². The second kappa shape index (κ2) is 6.50. The summed E-state index contributed by atoms with van der Waals surface area (Å²) in [5, 5.41) is 4.00. The first-order valence-corrected chi connectivity index (χ1v) is 5.60. The maximum Gasteiger partial charge on any atom is 0.124 e. The van der Waals surface area contributed by atoms with Gasteiger partial charge in [-0.1, -0.05) is 30.3 Å². The SMILES string of the molecule is [2H]C([2H])([2H])N(C([2H])([2H])[2H])C([2H])([2H])C([2H])([2H])OC(c1ccccc1)c1ccnn1C. The standard InChI is InChI=1S/C15H21N3O/c1-17(2)11-12-19-15(13-7-5-4-6-8-13)14-9-10-16-18(14)3/h4-10,15H,11-12H2,1-3H3/i1D3,2D3,11D2,12D2. The van der Waals surface area contributed by atoms with Crippen LogP contribution < -0.4 is 0 Å². The molecule has 0 radical (unpaired) electrons. The van der Waals surface area contributed by atoms with E-state index in [1.807, 2.05) is 0 Å². The molecule has 1 atom stereocenters. The Morgan fingerprint density at radius 3 is 2.79 bits per heavy atom. The number of hydrogen-bond acceptors (Lipinski definition) is 3. The third-order valence-corrected chi connectivity index (χ3v) is 2.56. The minimum absolute atomic E-state index is 0.366. The van der Waals surface area contributed by atoms with Crippen LogP contribution in [0.25, 0.3) is 0 Å². The second-order valence-corrected chi connectivity index (χ2v) is 3.84. The normalized spacial score (nSPS) is 23.5. The van der Waals surface area contributed by atoms with Crippen LogP contribution in [0.3, 0.4) is 0 Å². The van der Waals surface area contributed by atoms with Crippen molar-refractivity contribution in [3.63, 3.8) is 0 Å². The van der Waals surface area contributed by atoms with Gasteiger partial charge < -0.3 is 9.64 Å². The molecule has 0 bridgehead atoms. The molecule has 0 saturated heterocycles. The first-order valence-electron chi connectivity index (χ1n) is 10.6. The Morgan fingerprint density at radius 1 is 1.37 bits per heavy atom. The fourth-order valence-corrected chi connectivity index (χ4v) is 1.70. The van der Waals surface area contributed by atoms with Gasteiger partial charge >= 0.3 is 0 Å². The van der Waals surface area contributed by atoms with Gasteiger partial charge in [-0.3, -0.25) is 4.68 Å². The van der Waals surface area contributed by atoms with Gasteiger partial charge in [0.2, 0.25) is 0 Å². The second-order valence-electron chi connectivity index (χ2n) is 3.84. The molecule has 0 fully saturated rings. The Morgan fingerprint density at radius 2 is 2.16 bits per heavy atom. The summed E-state index contributed by atoms with van der Waals surface area (Å²) in [7, 11) is 1.58. The van der Waals surface area contributed by atoms with Crippen molar-refractivity contribution in [3.8, 4) is 0 Å². The molecule has 1 aromatic heterocycles. The summed E-state index contributed by atoms with van der Waals surface area (Å²) in [6.45, 7) is -13.8. The summed E-state index contributed by atoms with van der Waals surface area (Å²) in [6, 6.07) is 9.84. The van der Waals surface area contributed by atoms with E-state index in [0.29, 0.717) is 11.3 Å². The molecule has 102 valence electrons. The van der Waals surface area contributed by atoms with E-state index in [0.717, 1.165) is 0 Å². The predicted molar refractivity (Wildman–Crippen MR) is 76.0 cm³/mol. The minimum atomic E-state index is -3.53. The molecule has 1 unspecified atom stereocenters. The van der Waals surface area contributed by atoms with E-state index in [4.69, 9.17) is 18.4 Å². The highest BCUT2D eigenvalue weighted by Gasteiger charge is 2.17. The summed E-state index contributed by atoms with van der Waals surface area (Å²) in [5.41, 5.74) is 0.815. The Balaban J connectivity index is 2.52. The van der Waals surface area contributed by atoms with E-state index in [1.165, 1.54) is 16.9 Å². The van der Waals surface area contributed by atoms with E-state index >= 15 is 0 Å². The molecule has 4 heteroatoms. The lowest BCUT2D eigenvalue weighted by atomic mass is 10.1. The van der Waals surface area contributed by atoms with Gasteiger partial charge in [0.1, 0.15) is 6.10 Å². The topological polar surface area (TPSA) is 30.3 Å². The number of benzene rings is 1. The molecular formula is C15H21N3O. The quantitative estimate of drug-likeness (QED) is 0.804. The minimum Gasteiger partial charge on any atom is -0.366 e. The van der Waals surface area contributed by atoms with Crippen molar-refractivity contribution in [2.75, 3.05) is 27.0 Å². The van der Waals surface area contributed by atoms with Crippen LogP contribution in [0.15, 0.2) is 42.6 Å². The van der Waals surface area contributed by atoms with E-state index in [9.17, 15) is 0 Å². The fraction of sp³-hybridized carbons (Fsp3) is 0.400. The van der Waals surface area contributed by atoms with Crippen LogP contribution in [0.5, 0.6) is 0 Å². The van der Waals surface area contributed by atoms with Gasteiger partial charge in [0.25, 0.3) is 0 Å². The van der Waals surface area contributed by atoms with Crippen molar-refractivity contribution in [3.05, 3.63) is 53.9 Å². The zero-order valence-electron chi connectivity index (χ0n) is 20.4. The van der Waals surface area contributed by atoms with E-state index in [1.54, 1.807) is 37.4 Å². The molecule has 0 saturated carbocycles. The summed E-state index contributed by atoms with van der Waals surface area (Å²) in [4.78, 5) is -0.460. The van der Waals surface area contributed by atoms with Crippen molar-refractivity contribution < 1.29 is 18.4 Å². The molecule has 4 nitrogen and oxygen atoms in total. The third kappa shape index (κ3) is 3.66. The molecule has 0 aliphatic heterocycles. The molecule has 1 heterocycles. The highest BCUT2D eigenvalue weighted by Crippen LogP contribution is 2.25. The number of rotatable bonds is 6. The average Bonchev–Trinajstić information content (AvgIpc) is 2.96. The van der Waals surface area contributed by atoms with Gasteiger partial charge in [-0.05, 0) is 25.6 Å². The number of aryl methyl sites for hydroxylation is 1. The predicted octanol–water partition coefficient (Wildman–Crippen LogP) is 2.09. The van der Waals surface area contributed by atoms with Crippen molar-refractivity contribution in [2.45, 2.75) is 6.10 Å². The number of likely N-dealkylation sites (N-methyl/N-ethyl adjacent to an activating group) is 1. The molecule has 0 aliphatic rings. The highest BCUT2D eigenvalue weighted by atomic mass is 16.5. The molecule has 0 amide bonds. The maximum absolute atomic E-state index is 8.17. The fourth-order valence-electron chi connectivity index (χ4n) is 1.70. The van der Waals surface area contributed by atoms with Gasteiger partial charge in [-0.15, -0.1) is 0 Å². The Kier molecular flexibility index (Phi) is 1.97. The van der Waals surface area contributed by atoms with Crippen molar-refractivity contribution >= 4 is 0 Å². The summed E-state index contributed by atoms with van der Waals surface area (Å²) >= 11 is 0. The number of ether oxygens (including phenoxy) is 1. The monoisotopic (exact) mass is 269 g/mol. The van der Waals surface area contributed by atoms with Crippen LogP contribution in [-0.2, 0) is 11.8 Å². The summed E-state index contributed by atoms with van der Waals surface area (Å²) in [5.74, 6) is 0. The molecular weight excluding hydrogens is 238 g/mol. The van der Waals surface area contributed by atoms with Gasteiger partial charge in [0.05, 0.1) is 15.0 Å². The summed E-state index contributed by atoms with van der Waals surface area (Å²) < 4.78 is 83.9. The Hall–Kier alpha value is -1.65. The smallest absolute Gasteiger partial charge is 0.124 e. The van der Waals surface area contributed by atoms with Gasteiger partial charge in [-0.2, -0.15) is 5.10 Å². The largest absolute Gasteiger partial charge is 0.366 e. The number of aromatic nitrogens is 2. The molecule has 2 rings (SSSR count). The van der Waals surface area contributed by atoms with E-state index in [2.05, 4.69) is 5.10 Å². The lowest BCUT2D eigenvalue weighted by Crippen LogP contribution is -2.20. The molecule has 0 aliphatic carbocycles. The Bertz CT molecular complexity index is 802. The first kappa shape index (κ1) is 5.77. The molecule has 2 aromatic rings. The van der Waals surface area contributed by atoms with Crippen molar-refractivity contribution in [1.82, 2.24) is 14.7 Å². The highest BCUT2D eigenvalue weighted by molar-refractivity contribution is 5.25. The first-order chi connectivity index (χ1) is 13.1. The van der Waals surface area contributed by atoms with Crippen LogP contribution in [0, 0.1) is 0 Å². The van der Waals surface area contributed by atoms with Crippen LogP contribution in [0.2, 0.25) is 0 Å². The molecule has 0 N–H and O–H groups in total. The zero-order chi connectivity index (χ0) is 22.3. The maximum atomic E-state index is 8.17. The van der Waals surface area contributed by atoms with Crippen LogP contribution in [0.4, 0.5) is 0 Å². The molecule has 0 spiro atoms. The van der Waals surface area contributed by atoms with Crippen LogP contribution >= 0.6 is 0 Å². The van der Waals surface area contributed by atoms with E-state index in [-0.39, 0.29) is 0 Å². The van der Waals surface area contributed by atoms with Crippen LogP contribution in [-0.4, -0.2) is 41.7 Å². The average molecular weight is 269 g/mol. The zero-order valence-corrected chi connectivity index (χ0v) is 10.4. The van der Waals surface area contributed by atoms with Crippen molar-refractivity contribution in [2.24, 2.45) is 7.05 Å². The molecule has 1 aromatic carbocycles. The number of nitrogens with zero attached hydrogens (tertiary/aromatic N) is 3. The molecule has 19 heavy (non-hydrogen) atoms. The van der Waals surface area contributed by atoms with Gasteiger partial charge in [0.15, 0.2) is 0 Å². The lowest BCUT2D eigenvalue weighted by molar-refractivity contribution is 0.0638. The van der Waals surface area contributed by atoms with Gasteiger partial charge in [0, 0.05) is 30.7 Å². The summed E-state index contributed by atoms with van der Waals surface area (Å²) in [6.07, 6.45) is 0.263.